The monoisotopic (exact) mass is 272 g/mol. The lowest BCUT2D eigenvalue weighted by atomic mass is 10.2. The van der Waals surface area contributed by atoms with Gasteiger partial charge in [-0.05, 0) is 28.1 Å². The van der Waals surface area contributed by atoms with Gasteiger partial charge in [-0.15, -0.1) is 0 Å². The maximum absolute atomic E-state index is 11.5. The van der Waals surface area contributed by atoms with E-state index in [9.17, 15) is 9.59 Å². The van der Waals surface area contributed by atoms with Crippen molar-refractivity contribution in [3.05, 3.63) is 34.3 Å². The predicted octanol–water partition coefficient (Wildman–Crippen LogP) is 1.45. The van der Waals surface area contributed by atoms with Gasteiger partial charge in [0.1, 0.15) is 0 Å². The molecule has 2 amide bonds. The van der Waals surface area contributed by atoms with Crippen molar-refractivity contribution in [3.63, 3.8) is 0 Å². The van der Waals surface area contributed by atoms with E-state index in [4.69, 9.17) is 0 Å². The second kappa shape index (κ2) is 5.35. The third kappa shape index (κ3) is 3.25. The quantitative estimate of drug-likeness (QED) is 0.761. The minimum atomic E-state index is -0.726. The number of methoxy groups -OCH3 is 1. The van der Waals surface area contributed by atoms with Crippen LogP contribution < -0.4 is 10.9 Å². The zero-order chi connectivity index (χ0) is 11.3. The molecule has 0 aliphatic rings. The van der Waals surface area contributed by atoms with E-state index in [-0.39, 0.29) is 0 Å². The van der Waals surface area contributed by atoms with Gasteiger partial charge in [0.2, 0.25) is 0 Å². The molecule has 6 heteroatoms. The lowest BCUT2D eigenvalue weighted by Crippen LogP contribution is -2.41. The molecular formula is C9H9BrN2O3. The van der Waals surface area contributed by atoms with E-state index in [1.54, 1.807) is 24.3 Å². The Morgan fingerprint density at radius 2 is 1.93 bits per heavy atom. The van der Waals surface area contributed by atoms with Crippen molar-refractivity contribution in [2.75, 3.05) is 7.11 Å². The van der Waals surface area contributed by atoms with Gasteiger partial charge >= 0.3 is 6.09 Å². The van der Waals surface area contributed by atoms with Gasteiger partial charge in [0.25, 0.3) is 5.91 Å². The molecule has 0 atom stereocenters. The molecule has 1 rings (SSSR count). The Hall–Kier alpha value is -1.56. The molecule has 0 radical (unpaired) electrons. The zero-order valence-corrected chi connectivity index (χ0v) is 9.50. The molecular weight excluding hydrogens is 264 g/mol. The van der Waals surface area contributed by atoms with Gasteiger partial charge in [-0.2, -0.15) is 0 Å². The van der Waals surface area contributed by atoms with E-state index in [2.05, 4.69) is 31.5 Å². The van der Waals surface area contributed by atoms with E-state index >= 15 is 0 Å². The number of hydrogen-bond acceptors (Lipinski definition) is 3. The van der Waals surface area contributed by atoms with Crippen LogP contribution in [-0.2, 0) is 4.74 Å². The fourth-order valence-corrected chi connectivity index (χ4v) is 1.34. The maximum Gasteiger partial charge on any atom is 0.425 e. The Morgan fingerprint density at radius 1 is 1.27 bits per heavy atom. The molecule has 0 fully saturated rings. The number of ether oxygens (including phenoxy) is 1. The average Bonchev–Trinajstić information content (AvgIpc) is 2.26. The summed E-state index contributed by atoms with van der Waals surface area (Å²) in [6, 6.07) is 6.86. The van der Waals surface area contributed by atoms with Crippen LogP contribution in [0.3, 0.4) is 0 Å². The van der Waals surface area contributed by atoms with Crippen LogP contribution in [0.2, 0.25) is 0 Å². The molecule has 0 aliphatic carbocycles. The summed E-state index contributed by atoms with van der Waals surface area (Å²) in [5.74, 6) is -0.423. The SMILES string of the molecule is COC(=O)NNC(=O)c1ccccc1Br. The molecule has 80 valence electrons. The number of hydrogen-bond donors (Lipinski definition) is 2. The first kappa shape index (κ1) is 11.5. The third-order valence-electron chi connectivity index (χ3n) is 1.58. The van der Waals surface area contributed by atoms with Crippen LogP contribution in [-0.4, -0.2) is 19.1 Å². The minimum Gasteiger partial charge on any atom is -0.452 e. The fraction of sp³-hybridized carbons (Fsp3) is 0.111. The first-order chi connectivity index (χ1) is 7.15. The summed E-state index contributed by atoms with van der Waals surface area (Å²) < 4.78 is 4.94. The van der Waals surface area contributed by atoms with E-state index in [0.29, 0.717) is 10.0 Å². The summed E-state index contributed by atoms with van der Waals surface area (Å²) >= 11 is 3.22. The molecule has 0 saturated heterocycles. The number of rotatable bonds is 1. The standard InChI is InChI=1S/C9H9BrN2O3/c1-15-9(14)12-11-8(13)6-4-2-3-5-7(6)10/h2-5H,1H3,(H,11,13)(H,12,14). The van der Waals surface area contributed by atoms with Gasteiger partial charge in [0.05, 0.1) is 12.7 Å². The first-order valence-electron chi connectivity index (χ1n) is 4.04. The van der Waals surface area contributed by atoms with Crippen LogP contribution in [0.5, 0.6) is 0 Å². The summed E-state index contributed by atoms with van der Waals surface area (Å²) in [6.07, 6.45) is -0.726. The molecule has 0 aromatic heterocycles. The van der Waals surface area contributed by atoms with Gasteiger partial charge in [-0.25, -0.2) is 10.2 Å². The molecule has 5 nitrogen and oxygen atoms in total. The molecule has 0 saturated carbocycles. The normalized spacial score (nSPS) is 9.20. The number of nitrogens with one attached hydrogen (secondary N) is 2. The molecule has 0 aliphatic heterocycles. The minimum absolute atomic E-state index is 0.423. The largest absolute Gasteiger partial charge is 0.452 e. The van der Waals surface area contributed by atoms with E-state index in [1.165, 1.54) is 7.11 Å². The Morgan fingerprint density at radius 3 is 2.53 bits per heavy atom. The van der Waals surface area contributed by atoms with Gasteiger partial charge in [0, 0.05) is 4.47 Å². The molecule has 0 unspecified atom stereocenters. The second-order valence-electron chi connectivity index (χ2n) is 2.55. The van der Waals surface area contributed by atoms with Crippen LogP contribution in [0, 0.1) is 0 Å². The maximum atomic E-state index is 11.5. The summed E-state index contributed by atoms with van der Waals surface area (Å²) in [4.78, 5) is 22.1. The second-order valence-corrected chi connectivity index (χ2v) is 3.40. The Balaban J connectivity index is 2.62. The van der Waals surface area contributed by atoms with Gasteiger partial charge in [0.15, 0.2) is 0 Å². The lowest BCUT2D eigenvalue weighted by Gasteiger charge is -2.06. The van der Waals surface area contributed by atoms with E-state index in [1.807, 2.05) is 0 Å². The van der Waals surface area contributed by atoms with Gasteiger partial charge in [-0.3, -0.25) is 10.2 Å². The highest BCUT2D eigenvalue weighted by Gasteiger charge is 2.09. The number of carbonyl (C=O) groups is 2. The Kier molecular flexibility index (Phi) is 4.11. The molecule has 1 aromatic rings. The average molecular weight is 273 g/mol. The lowest BCUT2D eigenvalue weighted by molar-refractivity contribution is 0.0920. The summed E-state index contributed by atoms with van der Waals surface area (Å²) in [6.45, 7) is 0. The van der Waals surface area contributed by atoms with Crippen LogP contribution in [0.4, 0.5) is 4.79 Å². The number of amides is 2. The molecule has 0 spiro atoms. The fourth-order valence-electron chi connectivity index (χ4n) is 0.872. The Labute approximate surface area is 94.9 Å². The van der Waals surface area contributed by atoms with Crippen molar-refractivity contribution in [3.8, 4) is 0 Å². The van der Waals surface area contributed by atoms with Crippen LogP contribution in [0.15, 0.2) is 28.7 Å². The highest BCUT2D eigenvalue weighted by molar-refractivity contribution is 9.10. The predicted molar refractivity (Wildman–Crippen MR) is 57.1 cm³/mol. The topological polar surface area (TPSA) is 67.4 Å². The van der Waals surface area contributed by atoms with Crippen molar-refractivity contribution in [1.29, 1.82) is 0 Å². The smallest absolute Gasteiger partial charge is 0.425 e. The molecule has 2 N–H and O–H groups in total. The summed E-state index contributed by atoms with van der Waals surface area (Å²) in [7, 11) is 1.21. The number of benzene rings is 1. The highest BCUT2D eigenvalue weighted by Crippen LogP contribution is 2.14. The highest BCUT2D eigenvalue weighted by atomic mass is 79.9. The van der Waals surface area contributed by atoms with Crippen molar-refractivity contribution >= 4 is 27.9 Å². The number of hydrazine groups is 1. The molecule has 15 heavy (non-hydrogen) atoms. The summed E-state index contributed by atoms with van der Waals surface area (Å²) in [5.41, 5.74) is 4.70. The van der Waals surface area contributed by atoms with Crippen molar-refractivity contribution in [2.24, 2.45) is 0 Å². The molecule has 0 heterocycles. The zero-order valence-electron chi connectivity index (χ0n) is 7.91. The van der Waals surface area contributed by atoms with E-state index in [0.717, 1.165) is 0 Å². The van der Waals surface area contributed by atoms with Crippen molar-refractivity contribution in [1.82, 2.24) is 10.9 Å². The van der Waals surface area contributed by atoms with Crippen molar-refractivity contribution in [2.45, 2.75) is 0 Å². The van der Waals surface area contributed by atoms with Gasteiger partial charge in [-0.1, -0.05) is 12.1 Å². The van der Waals surface area contributed by atoms with Crippen molar-refractivity contribution < 1.29 is 14.3 Å². The van der Waals surface area contributed by atoms with Crippen LogP contribution in [0.25, 0.3) is 0 Å². The van der Waals surface area contributed by atoms with Crippen LogP contribution >= 0.6 is 15.9 Å². The van der Waals surface area contributed by atoms with E-state index < -0.39 is 12.0 Å². The third-order valence-corrected chi connectivity index (χ3v) is 2.27. The van der Waals surface area contributed by atoms with Gasteiger partial charge < -0.3 is 4.74 Å². The molecule has 1 aromatic carbocycles. The van der Waals surface area contributed by atoms with Crippen LogP contribution in [0.1, 0.15) is 10.4 Å². The number of carbonyl (C=O) groups excluding carboxylic acids is 2. The first-order valence-corrected chi connectivity index (χ1v) is 4.83. The Bertz CT molecular complexity index is 381. The number of halogens is 1. The molecule has 0 bridgehead atoms. The summed E-state index contributed by atoms with van der Waals surface area (Å²) in [5, 5.41) is 0.